The van der Waals surface area contributed by atoms with Crippen molar-refractivity contribution >= 4 is 31.8 Å². The molecule has 7 heteroatoms. The van der Waals surface area contributed by atoms with Crippen molar-refractivity contribution in [1.29, 1.82) is 0 Å². The highest BCUT2D eigenvalue weighted by molar-refractivity contribution is 9.10. The standard InChI is InChI=1S/C12H17BrN2O3S/c13-11-3-1-2-4-12(11)14-19(17,18)15-7-5-10(9-16)6-8-15/h1-4,10,14,16H,5-9H2. The number of halogens is 1. The average molecular weight is 349 g/mol. The van der Waals surface area contributed by atoms with E-state index in [4.69, 9.17) is 5.11 Å². The zero-order valence-corrected chi connectivity index (χ0v) is 12.8. The second kappa shape index (κ2) is 6.21. The molecular weight excluding hydrogens is 332 g/mol. The maximum atomic E-state index is 12.2. The fourth-order valence-electron chi connectivity index (χ4n) is 2.08. The molecule has 0 unspecified atom stereocenters. The van der Waals surface area contributed by atoms with Crippen molar-refractivity contribution in [2.24, 2.45) is 5.92 Å². The van der Waals surface area contributed by atoms with Gasteiger partial charge in [0, 0.05) is 24.2 Å². The Morgan fingerprint density at radius 1 is 1.32 bits per heavy atom. The number of piperidine rings is 1. The van der Waals surface area contributed by atoms with Crippen LogP contribution in [-0.2, 0) is 10.2 Å². The van der Waals surface area contributed by atoms with E-state index in [1.165, 1.54) is 4.31 Å². The lowest BCUT2D eigenvalue weighted by Gasteiger charge is -2.30. The van der Waals surface area contributed by atoms with Crippen LogP contribution in [0.5, 0.6) is 0 Å². The molecule has 0 bridgehead atoms. The molecule has 1 aromatic rings. The predicted octanol–water partition coefficient (Wildman–Crippen LogP) is 1.81. The molecule has 0 saturated carbocycles. The lowest BCUT2D eigenvalue weighted by atomic mass is 10.00. The number of anilines is 1. The molecule has 0 atom stereocenters. The van der Waals surface area contributed by atoms with E-state index in [0.29, 0.717) is 36.1 Å². The molecule has 19 heavy (non-hydrogen) atoms. The van der Waals surface area contributed by atoms with Crippen molar-refractivity contribution in [3.63, 3.8) is 0 Å². The number of hydrogen-bond donors (Lipinski definition) is 2. The van der Waals surface area contributed by atoms with E-state index in [-0.39, 0.29) is 12.5 Å². The lowest BCUT2D eigenvalue weighted by Crippen LogP contribution is -2.42. The SMILES string of the molecule is O=S(=O)(Nc1ccccc1Br)N1CCC(CO)CC1. The van der Waals surface area contributed by atoms with Crippen molar-refractivity contribution in [2.45, 2.75) is 12.8 Å². The van der Waals surface area contributed by atoms with Crippen LogP contribution >= 0.6 is 15.9 Å². The van der Waals surface area contributed by atoms with E-state index >= 15 is 0 Å². The Morgan fingerprint density at radius 3 is 2.53 bits per heavy atom. The molecule has 0 radical (unpaired) electrons. The first kappa shape index (κ1) is 14.8. The minimum Gasteiger partial charge on any atom is -0.396 e. The average Bonchev–Trinajstić information content (AvgIpc) is 2.41. The first-order valence-corrected chi connectivity index (χ1v) is 8.39. The minimum absolute atomic E-state index is 0.131. The molecule has 106 valence electrons. The summed E-state index contributed by atoms with van der Waals surface area (Å²) < 4.78 is 29.2. The monoisotopic (exact) mass is 348 g/mol. The molecule has 2 N–H and O–H groups in total. The van der Waals surface area contributed by atoms with Crippen LogP contribution in [0.4, 0.5) is 5.69 Å². The van der Waals surface area contributed by atoms with E-state index < -0.39 is 10.2 Å². The van der Waals surface area contributed by atoms with Gasteiger partial charge in [-0.2, -0.15) is 12.7 Å². The third-order valence-electron chi connectivity index (χ3n) is 3.28. The molecule has 1 fully saturated rings. The summed E-state index contributed by atoms with van der Waals surface area (Å²) in [5.41, 5.74) is 0.534. The number of aliphatic hydroxyl groups is 1. The Hall–Kier alpha value is -0.630. The van der Waals surface area contributed by atoms with Crippen LogP contribution in [0.3, 0.4) is 0 Å². The van der Waals surface area contributed by atoms with Gasteiger partial charge in [0.15, 0.2) is 0 Å². The first-order valence-electron chi connectivity index (χ1n) is 6.16. The zero-order chi connectivity index (χ0) is 13.9. The van der Waals surface area contributed by atoms with Gasteiger partial charge in [-0.3, -0.25) is 4.72 Å². The quantitative estimate of drug-likeness (QED) is 0.871. The van der Waals surface area contributed by atoms with Crippen LogP contribution in [0.15, 0.2) is 28.7 Å². The number of nitrogens with one attached hydrogen (secondary N) is 1. The van der Waals surface area contributed by atoms with E-state index in [1.54, 1.807) is 18.2 Å². The Balaban J connectivity index is 2.05. The molecule has 5 nitrogen and oxygen atoms in total. The summed E-state index contributed by atoms with van der Waals surface area (Å²) in [5.74, 6) is 0.218. The molecule has 1 heterocycles. The molecule has 0 aromatic heterocycles. The van der Waals surface area contributed by atoms with Crippen molar-refractivity contribution in [1.82, 2.24) is 4.31 Å². The molecule has 1 aliphatic heterocycles. The van der Waals surface area contributed by atoms with Gasteiger partial charge < -0.3 is 5.11 Å². The van der Waals surface area contributed by atoms with Crippen LogP contribution in [0.1, 0.15) is 12.8 Å². The van der Waals surface area contributed by atoms with Gasteiger partial charge in [-0.25, -0.2) is 0 Å². The second-order valence-corrected chi connectivity index (χ2v) is 7.14. The molecule has 1 saturated heterocycles. The molecule has 0 amide bonds. The molecular formula is C12H17BrN2O3S. The zero-order valence-electron chi connectivity index (χ0n) is 10.4. The van der Waals surface area contributed by atoms with E-state index in [0.717, 1.165) is 0 Å². The van der Waals surface area contributed by atoms with Crippen LogP contribution < -0.4 is 4.72 Å². The molecule has 1 aliphatic rings. The first-order chi connectivity index (χ1) is 9.03. The summed E-state index contributed by atoms with van der Waals surface area (Å²) in [6.07, 6.45) is 1.40. The summed E-state index contributed by atoms with van der Waals surface area (Å²) in [7, 11) is -3.52. The highest BCUT2D eigenvalue weighted by Gasteiger charge is 2.27. The van der Waals surface area contributed by atoms with E-state index in [2.05, 4.69) is 20.7 Å². The predicted molar refractivity (Wildman–Crippen MR) is 78.1 cm³/mol. The summed E-state index contributed by atoms with van der Waals surface area (Å²) in [6, 6.07) is 7.10. The van der Waals surface area contributed by atoms with Crippen LogP contribution in [0, 0.1) is 5.92 Å². The number of hydrogen-bond acceptors (Lipinski definition) is 3. The van der Waals surface area contributed by atoms with E-state index in [1.807, 2.05) is 6.07 Å². The van der Waals surface area contributed by atoms with Gasteiger partial charge in [0.25, 0.3) is 0 Å². The number of rotatable bonds is 4. The Labute approximate surface area is 121 Å². The van der Waals surface area contributed by atoms with Gasteiger partial charge in [-0.1, -0.05) is 12.1 Å². The number of para-hydroxylation sites is 1. The fraction of sp³-hybridized carbons (Fsp3) is 0.500. The van der Waals surface area contributed by atoms with Crippen molar-refractivity contribution in [3.05, 3.63) is 28.7 Å². The smallest absolute Gasteiger partial charge is 0.301 e. The third-order valence-corrected chi connectivity index (χ3v) is 5.50. The minimum atomic E-state index is -3.52. The van der Waals surface area contributed by atoms with Crippen molar-refractivity contribution in [2.75, 3.05) is 24.4 Å². The van der Waals surface area contributed by atoms with Gasteiger partial charge in [-0.15, -0.1) is 0 Å². The topological polar surface area (TPSA) is 69.6 Å². The van der Waals surface area contributed by atoms with Gasteiger partial charge >= 0.3 is 10.2 Å². The molecule has 0 spiro atoms. The Kier molecular flexibility index (Phi) is 4.83. The number of nitrogens with zero attached hydrogens (tertiary/aromatic N) is 1. The highest BCUT2D eigenvalue weighted by Crippen LogP contribution is 2.25. The summed E-state index contributed by atoms with van der Waals surface area (Å²) in [6.45, 7) is 1.03. The maximum Gasteiger partial charge on any atom is 0.301 e. The Bertz CT molecular complexity index is 528. The van der Waals surface area contributed by atoms with Crippen LogP contribution in [-0.4, -0.2) is 37.5 Å². The van der Waals surface area contributed by atoms with Crippen molar-refractivity contribution in [3.8, 4) is 0 Å². The van der Waals surface area contributed by atoms with Gasteiger partial charge in [0.05, 0.1) is 5.69 Å². The summed E-state index contributed by atoms with van der Waals surface area (Å²) in [5, 5.41) is 9.06. The number of benzene rings is 1. The second-order valence-electron chi connectivity index (χ2n) is 4.61. The summed E-state index contributed by atoms with van der Waals surface area (Å²) in [4.78, 5) is 0. The molecule has 0 aliphatic carbocycles. The van der Waals surface area contributed by atoms with Crippen LogP contribution in [0.25, 0.3) is 0 Å². The van der Waals surface area contributed by atoms with Gasteiger partial charge in [-0.05, 0) is 46.8 Å². The normalized spacial score (nSPS) is 18.4. The van der Waals surface area contributed by atoms with Crippen molar-refractivity contribution < 1.29 is 13.5 Å². The molecule has 1 aromatic carbocycles. The molecule has 2 rings (SSSR count). The van der Waals surface area contributed by atoms with Gasteiger partial charge in [0.2, 0.25) is 0 Å². The maximum absolute atomic E-state index is 12.2. The largest absolute Gasteiger partial charge is 0.396 e. The van der Waals surface area contributed by atoms with Gasteiger partial charge in [0.1, 0.15) is 0 Å². The summed E-state index contributed by atoms with van der Waals surface area (Å²) >= 11 is 3.32. The van der Waals surface area contributed by atoms with E-state index in [9.17, 15) is 8.42 Å². The fourth-order valence-corrected chi connectivity index (χ4v) is 3.87. The highest BCUT2D eigenvalue weighted by atomic mass is 79.9. The number of aliphatic hydroxyl groups excluding tert-OH is 1. The third kappa shape index (κ3) is 3.68. The lowest BCUT2D eigenvalue weighted by molar-refractivity contribution is 0.170. The Morgan fingerprint density at radius 2 is 1.95 bits per heavy atom. The van der Waals surface area contributed by atoms with Crippen LogP contribution in [0.2, 0.25) is 0 Å².